The first-order chi connectivity index (χ1) is 11.9. The van der Waals surface area contributed by atoms with Crippen LogP contribution in [0.25, 0.3) is 0 Å². The predicted molar refractivity (Wildman–Crippen MR) is 88.3 cm³/mol. The molecular formula is C19H17F2NO3. The lowest BCUT2D eigenvalue weighted by molar-refractivity contribution is -0.126. The van der Waals surface area contributed by atoms with Gasteiger partial charge in [-0.1, -0.05) is 24.3 Å². The number of para-hydroxylation sites is 1. The van der Waals surface area contributed by atoms with Crippen molar-refractivity contribution in [3.8, 4) is 0 Å². The molecule has 1 heterocycles. The average Bonchev–Trinajstić information content (AvgIpc) is 2.89. The topological polar surface area (TPSA) is 46.6 Å². The molecule has 1 amide bonds. The molecule has 0 saturated carbocycles. The van der Waals surface area contributed by atoms with Crippen molar-refractivity contribution in [3.63, 3.8) is 0 Å². The minimum atomic E-state index is -1.20. The molecule has 0 radical (unpaired) electrons. The largest absolute Gasteiger partial charge is 0.449 e. The molecule has 2 aromatic carbocycles. The van der Waals surface area contributed by atoms with E-state index in [2.05, 4.69) is 0 Å². The van der Waals surface area contributed by atoms with Crippen molar-refractivity contribution in [2.75, 3.05) is 4.90 Å². The van der Waals surface area contributed by atoms with Gasteiger partial charge in [-0.3, -0.25) is 4.79 Å². The maximum atomic E-state index is 13.7. The van der Waals surface area contributed by atoms with Gasteiger partial charge < -0.3 is 9.64 Å². The van der Waals surface area contributed by atoms with Gasteiger partial charge in [0.2, 0.25) is 0 Å². The number of carbonyl (C=O) groups excluding carboxylic acids is 2. The summed E-state index contributed by atoms with van der Waals surface area (Å²) in [6, 6.07) is 10.5. The van der Waals surface area contributed by atoms with Crippen LogP contribution in [-0.2, 0) is 16.0 Å². The lowest BCUT2D eigenvalue weighted by Crippen LogP contribution is -2.43. The van der Waals surface area contributed by atoms with E-state index in [-0.39, 0.29) is 6.04 Å². The number of carbonyl (C=O) groups is 2. The number of nitrogens with zero attached hydrogens (tertiary/aromatic N) is 1. The van der Waals surface area contributed by atoms with Crippen LogP contribution >= 0.6 is 0 Å². The second-order valence-electron chi connectivity index (χ2n) is 6.03. The van der Waals surface area contributed by atoms with E-state index in [9.17, 15) is 18.4 Å². The number of benzene rings is 2. The van der Waals surface area contributed by atoms with Crippen LogP contribution in [0.1, 0.15) is 29.8 Å². The Balaban J connectivity index is 1.79. The van der Waals surface area contributed by atoms with Gasteiger partial charge in [0.15, 0.2) is 6.10 Å². The number of hydrogen-bond acceptors (Lipinski definition) is 3. The van der Waals surface area contributed by atoms with E-state index in [1.807, 2.05) is 31.2 Å². The summed E-state index contributed by atoms with van der Waals surface area (Å²) in [6.07, 6.45) is -0.468. The minimum Gasteiger partial charge on any atom is -0.449 e. The number of anilines is 1. The summed E-state index contributed by atoms with van der Waals surface area (Å²) in [6.45, 7) is 3.29. The molecule has 0 spiro atoms. The van der Waals surface area contributed by atoms with Crippen molar-refractivity contribution in [1.82, 2.24) is 0 Å². The minimum absolute atomic E-state index is 0.0868. The van der Waals surface area contributed by atoms with Crippen LogP contribution in [0.3, 0.4) is 0 Å². The molecular weight excluding hydrogens is 328 g/mol. The monoisotopic (exact) mass is 345 g/mol. The molecule has 0 fully saturated rings. The highest BCUT2D eigenvalue weighted by Gasteiger charge is 2.35. The van der Waals surface area contributed by atoms with E-state index in [0.717, 1.165) is 29.4 Å². The van der Waals surface area contributed by atoms with Crippen LogP contribution < -0.4 is 4.90 Å². The van der Waals surface area contributed by atoms with Gasteiger partial charge in [-0.15, -0.1) is 0 Å². The van der Waals surface area contributed by atoms with E-state index >= 15 is 0 Å². The van der Waals surface area contributed by atoms with Crippen LogP contribution in [0.15, 0.2) is 42.5 Å². The quantitative estimate of drug-likeness (QED) is 0.800. The second-order valence-corrected chi connectivity index (χ2v) is 6.03. The number of ether oxygens (including phenoxy) is 1. The van der Waals surface area contributed by atoms with E-state index < -0.39 is 35.2 Å². The average molecular weight is 345 g/mol. The zero-order chi connectivity index (χ0) is 18.1. The molecule has 4 nitrogen and oxygen atoms in total. The second kappa shape index (κ2) is 6.63. The number of esters is 1. The van der Waals surface area contributed by atoms with Gasteiger partial charge in [-0.2, -0.15) is 0 Å². The molecule has 0 aromatic heterocycles. The zero-order valence-electron chi connectivity index (χ0n) is 13.8. The summed E-state index contributed by atoms with van der Waals surface area (Å²) < 4.78 is 32.4. The lowest BCUT2D eigenvalue weighted by atomic mass is 10.1. The molecule has 3 rings (SSSR count). The maximum Gasteiger partial charge on any atom is 0.344 e. The highest BCUT2D eigenvalue weighted by Crippen LogP contribution is 2.32. The highest BCUT2D eigenvalue weighted by molar-refractivity contribution is 6.01. The van der Waals surface area contributed by atoms with Gasteiger partial charge in [0, 0.05) is 11.7 Å². The van der Waals surface area contributed by atoms with Gasteiger partial charge in [-0.25, -0.2) is 13.6 Å². The third-order valence-electron chi connectivity index (χ3n) is 4.24. The SMILES string of the molecule is C[C@H](OC(=O)c1c(F)cccc1F)C(=O)N1c2ccccc2C[C@H]1C. The van der Waals surface area contributed by atoms with Crippen molar-refractivity contribution in [2.45, 2.75) is 32.4 Å². The molecule has 0 N–H and O–H groups in total. The molecule has 2 atom stereocenters. The van der Waals surface area contributed by atoms with Crippen molar-refractivity contribution < 1.29 is 23.1 Å². The number of amides is 1. The number of fused-ring (bicyclic) bond motifs is 1. The van der Waals surface area contributed by atoms with Crippen LogP contribution in [0.2, 0.25) is 0 Å². The van der Waals surface area contributed by atoms with Crippen LogP contribution in [0, 0.1) is 11.6 Å². The van der Waals surface area contributed by atoms with E-state index in [1.54, 1.807) is 4.90 Å². The van der Waals surface area contributed by atoms with E-state index in [0.29, 0.717) is 6.42 Å². The lowest BCUT2D eigenvalue weighted by Gasteiger charge is -2.26. The van der Waals surface area contributed by atoms with Crippen LogP contribution in [0.5, 0.6) is 0 Å². The Morgan fingerprint density at radius 2 is 1.76 bits per heavy atom. The maximum absolute atomic E-state index is 13.7. The fourth-order valence-corrected chi connectivity index (χ4v) is 3.06. The molecule has 0 saturated heterocycles. The first-order valence-electron chi connectivity index (χ1n) is 7.96. The van der Waals surface area contributed by atoms with Crippen LogP contribution in [-0.4, -0.2) is 24.0 Å². The van der Waals surface area contributed by atoms with Crippen molar-refractivity contribution >= 4 is 17.6 Å². The smallest absolute Gasteiger partial charge is 0.344 e. The first kappa shape index (κ1) is 17.1. The Hall–Kier alpha value is -2.76. The standard InChI is InChI=1S/C19H17F2NO3/c1-11-10-13-6-3-4-9-16(13)22(11)18(23)12(2)25-19(24)17-14(20)7-5-8-15(17)21/h3-9,11-12H,10H2,1-2H3/t11-,12+/m1/s1. The Morgan fingerprint density at radius 3 is 2.44 bits per heavy atom. The van der Waals surface area contributed by atoms with E-state index in [4.69, 9.17) is 4.74 Å². The summed E-state index contributed by atoms with van der Waals surface area (Å²) in [5, 5.41) is 0. The van der Waals surface area contributed by atoms with Gasteiger partial charge in [-0.05, 0) is 44.0 Å². The Bertz CT molecular complexity index is 817. The third kappa shape index (κ3) is 3.12. The van der Waals surface area contributed by atoms with Gasteiger partial charge in [0.1, 0.15) is 17.2 Å². The summed E-state index contributed by atoms with van der Waals surface area (Å²) in [5.74, 6) is -3.67. The summed E-state index contributed by atoms with van der Waals surface area (Å²) >= 11 is 0. The van der Waals surface area contributed by atoms with Crippen molar-refractivity contribution in [1.29, 1.82) is 0 Å². The molecule has 25 heavy (non-hydrogen) atoms. The number of hydrogen-bond donors (Lipinski definition) is 0. The highest BCUT2D eigenvalue weighted by atomic mass is 19.1. The van der Waals surface area contributed by atoms with Gasteiger partial charge in [0.05, 0.1) is 0 Å². The van der Waals surface area contributed by atoms with Crippen molar-refractivity contribution in [3.05, 3.63) is 65.2 Å². The predicted octanol–water partition coefficient (Wildman–Crippen LogP) is 3.49. The van der Waals surface area contributed by atoms with Crippen molar-refractivity contribution in [2.24, 2.45) is 0 Å². The Labute approximate surface area is 144 Å². The Morgan fingerprint density at radius 1 is 1.12 bits per heavy atom. The molecule has 1 aliphatic rings. The summed E-state index contributed by atoms with van der Waals surface area (Å²) in [5.41, 5.74) is 0.999. The molecule has 6 heteroatoms. The normalized spacial score (nSPS) is 17.1. The van der Waals surface area contributed by atoms with Gasteiger partial charge in [0.25, 0.3) is 5.91 Å². The molecule has 0 aliphatic carbocycles. The number of halogens is 2. The molecule has 0 unspecified atom stereocenters. The Kier molecular flexibility index (Phi) is 4.53. The molecule has 0 bridgehead atoms. The molecule has 1 aliphatic heterocycles. The summed E-state index contributed by atoms with van der Waals surface area (Å²) in [4.78, 5) is 26.3. The van der Waals surface area contributed by atoms with Gasteiger partial charge >= 0.3 is 5.97 Å². The molecule has 2 aromatic rings. The fraction of sp³-hybridized carbons (Fsp3) is 0.263. The fourth-order valence-electron chi connectivity index (χ4n) is 3.06. The number of rotatable bonds is 3. The van der Waals surface area contributed by atoms with Crippen LogP contribution in [0.4, 0.5) is 14.5 Å². The first-order valence-corrected chi connectivity index (χ1v) is 7.96. The summed E-state index contributed by atoms with van der Waals surface area (Å²) in [7, 11) is 0. The third-order valence-corrected chi connectivity index (χ3v) is 4.24. The molecule has 130 valence electrons. The van der Waals surface area contributed by atoms with E-state index in [1.165, 1.54) is 6.92 Å². The zero-order valence-corrected chi connectivity index (χ0v) is 13.8.